The van der Waals surface area contributed by atoms with E-state index in [2.05, 4.69) is 10.6 Å². The summed E-state index contributed by atoms with van der Waals surface area (Å²) in [6, 6.07) is 4.19. The maximum absolute atomic E-state index is 13.5. The van der Waals surface area contributed by atoms with E-state index in [1.54, 1.807) is 0 Å². The summed E-state index contributed by atoms with van der Waals surface area (Å²) in [6.45, 7) is 3.95. The predicted molar refractivity (Wildman–Crippen MR) is 70.3 cm³/mol. The van der Waals surface area contributed by atoms with Crippen molar-refractivity contribution in [2.45, 2.75) is 38.6 Å². The van der Waals surface area contributed by atoms with Gasteiger partial charge in [0.25, 0.3) is 0 Å². The molecule has 2 amide bonds. The van der Waals surface area contributed by atoms with Crippen molar-refractivity contribution in [2.24, 2.45) is 0 Å². The number of carbonyl (C=O) groups is 2. The molecule has 1 unspecified atom stereocenters. The highest BCUT2D eigenvalue weighted by Crippen LogP contribution is 2.22. The molecule has 2 rings (SSSR count). The molecule has 2 N–H and O–H groups in total. The molecule has 5 heteroatoms. The lowest BCUT2D eigenvalue weighted by Gasteiger charge is -2.23. The number of halogens is 1. The lowest BCUT2D eigenvalue weighted by Crippen LogP contribution is -2.47. The molecule has 1 atom stereocenters. The minimum absolute atomic E-state index is 0.206. The number of piperidine rings is 1. The Labute approximate surface area is 111 Å². The molecule has 1 heterocycles. The van der Waals surface area contributed by atoms with Crippen molar-refractivity contribution in [2.75, 3.05) is 5.32 Å². The zero-order valence-electron chi connectivity index (χ0n) is 11.0. The Morgan fingerprint density at radius 1 is 1.32 bits per heavy atom. The van der Waals surface area contributed by atoms with Crippen molar-refractivity contribution >= 4 is 17.5 Å². The minimum atomic E-state index is -0.487. The van der Waals surface area contributed by atoms with Crippen molar-refractivity contribution in [3.8, 4) is 0 Å². The molecule has 0 spiro atoms. The largest absolute Gasteiger partial charge is 0.374 e. The van der Waals surface area contributed by atoms with E-state index in [9.17, 15) is 14.0 Å². The quantitative estimate of drug-likeness (QED) is 0.823. The van der Waals surface area contributed by atoms with Gasteiger partial charge in [-0.3, -0.25) is 14.9 Å². The fourth-order valence-corrected chi connectivity index (χ4v) is 2.06. The van der Waals surface area contributed by atoms with E-state index < -0.39 is 6.04 Å². The summed E-state index contributed by atoms with van der Waals surface area (Å²) < 4.78 is 13.5. The number of nitrogens with one attached hydrogen (secondary N) is 2. The van der Waals surface area contributed by atoms with E-state index >= 15 is 0 Å². The van der Waals surface area contributed by atoms with Crippen LogP contribution in [0.3, 0.4) is 0 Å². The smallest absolute Gasteiger partial charge is 0.249 e. The van der Waals surface area contributed by atoms with Gasteiger partial charge in [-0.15, -0.1) is 0 Å². The fourth-order valence-electron chi connectivity index (χ4n) is 2.06. The van der Waals surface area contributed by atoms with Gasteiger partial charge in [0.15, 0.2) is 0 Å². The van der Waals surface area contributed by atoms with Crippen LogP contribution in [0, 0.1) is 5.82 Å². The van der Waals surface area contributed by atoms with Gasteiger partial charge in [0, 0.05) is 12.1 Å². The van der Waals surface area contributed by atoms with Gasteiger partial charge >= 0.3 is 0 Å². The Morgan fingerprint density at radius 3 is 2.68 bits per heavy atom. The maximum atomic E-state index is 13.5. The third-order valence-corrected chi connectivity index (χ3v) is 3.17. The molecule has 0 aromatic heterocycles. The summed E-state index contributed by atoms with van der Waals surface area (Å²) in [7, 11) is 0. The van der Waals surface area contributed by atoms with Crippen molar-refractivity contribution < 1.29 is 14.0 Å². The first-order chi connectivity index (χ1) is 8.95. The van der Waals surface area contributed by atoms with E-state index in [1.807, 2.05) is 19.9 Å². The first-order valence-corrected chi connectivity index (χ1v) is 6.36. The molecule has 0 aliphatic carbocycles. The summed E-state index contributed by atoms with van der Waals surface area (Å²) in [5.74, 6) is -0.740. The van der Waals surface area contributed by atoms with Gasteiger partial charge in [-0.25, -0.2) is 4.39 Å². The van der Waals surface area contributed by atoms with Crippen molar-refractivity contribution in [3.63, 3.8) is 0 Å². The SMILES string of the molecule is CC(C)c1cc(F)cc(NC2CCC(=O)NC2=O)c1. The van der Waals surface area contributed by atoms with E-state index in [1.165, 1.54) is 12.1 Å². The Balaban J connectivity index is 2.14. The molecular formula is C14H17FN2O2. The number of hydrogen-bond acceptors (Lipinski definition) is 3. The molecule has 1 fully saturated rings. The van der Waals surface area contributed by atoms with E-state index in [0.717, 1.165) is 5.56 Å². The van der Waals surface area contributed by atoms with Gasteiger partial charge in [0.1, 0.15) is 11.9 Å². The lowest BCUT2D eigenvalue weighted by molar-refractivity contribution is -0.133. The van der Waals surface area contributed by atoms with Crippen LogP contribution in [0.2, 0.25) is 0 Å². The molecule has 0 saturated carbocycles. The van der Waals surface area contributed by atoms with Crippen LogP contribution in [0.25, 0.3) is 0 Å². The van der Waals surface area contributed by atoms with Crippen LogP contribution in [0.1, 0.15) is 38.2 Å². The van der Waals surface area contributed by atoms with Crippen LogP contribution >= 0.6 is 0 Å². The van der Waals surface area contributed by atoms with Crippen LogP contribution in [0.5, 0.6) is 0 Å². The van der Waals surface area contributed by atoms with Gasteiger partial charge in [-0.05, 0) is 36.1 Å². The summed E-state index contributed by atoms with van der Waals surface area (Å²) in [5, 5.41) is 5.25. The van der Waals surface area contributed by atoms with Crippen molar-refractivity contribution in [1.29, 1.82) is 0 Å². The summed E-state index contributed by atoms with van der Waals surface area (Å²) in [6.07, 6.45) is 0.730. The van der Waals surface area contributed by atoms with Gasteiger partial charge in [-0.2, -0.15) is 0 Å². The highest BCUT2D eigenvalue weighted by Gasteiger charge is 2.26. The van der Waals surface area contributed by atoms with Crippen LogP contribution < -0.4 is 10.6 Å². The molecule has 4 nitrogen and oxygen atoms in total. The summed E-state index contributed by atoms with van der Waals surface area (Å²) in [5.41, 5.74) is 1.44. The summed E-state index contributed by atoms with van der Waals surface area (Å²) >= 11 is 0. The van der Waals surface area contributed by atoms with E-state index in [4.69, 9.17) is 0 Å². The number of hydrogen-bond donors (Lipinski definition) is 2. The number of anilines is 1. The molecular weight excluding hydrogens is 247 g/mol. The van der Waals surface area contributed by atoms with Gasteiger partial charge in [0.2, 0.25) is 11.8 Å². The van der Waals surface area contributed by atoms with Crippen LogP contribution in [0.15, 0.2) is 18.2 Å². The molecule has 19 heavy (non-hydrogen) atoms. The third-order valence-electron chi connectivity index (χ3n) is 3.17. The maximum Gasteiger partial charge on any atom is 0.249 e. The molecule has 1 saturated heterocycles. The second kappa shape index (κ2) is 5.38. The Kier molecular flexibility index (Phi) is 3.83. The van der Waals surface area contributed by atoms with Gasteiger partial charge < -0.3 is 5.32 Å². The average molecular weight is 264 g/mol. The second-order valence-electron chi connectivity index (χ2n) is 5.08. The number of carbonyl (C=O) groups excluding carboxylic acids is 2. The molecule has 1 aliphatic heterocycles. The molecule has 1 aromatic rings. The van der Waals surface area contributed by atoms with Gasteiger partial charge in [0.05, 0.1) is 0 Å². The topological polar surface area (TPSA) is 58.2 Å². The first-order valence-electron chi connectivity index (χ1n) is 6.36. The Morgan fingerprint density at radius 2 is 2.05 bits per heavy atom. The zero-order chi connectivity index (χ0) is 14.0. The summed E-state index contributed by atoms with van der Waals surface area (Å²) in [4.78, 5) is 22.7. The molecule has 1 aliphatic rings. The monoisotopic (exact) mass is 264 g/mol. The Hall–Kier alpha value is -1.91. The predicted octanol–water partition coefficient (Wildman–Crippen LogP) is 2.17. The van der Waals surface area contributed by atoms with Crippen LogP contribution in [-0.2, 0) is 9.59 Å². The van der Waals surface area contributed by atoms with E-state index in [-0.39, 0.29) is 23.5 Å². The second-order valence-corrected chi connectivity index (χ2v) is 5.08. The fraction of sp³-hybridized carbons (Fsp3) is 0.429. The third kappa shape index (κ3) is 3.30. The number of rotatable bonds is 3. The minimum Gasteiger partial charge on any atom is -0.374 e. The normalized spacial score (nSPS) is 19.5. The van der Waals surface area contributed by atoms with E-state index in [0.29, 0.717) is 18.5 Å². The lowest BCUT2D eigenvalue weighted by atomic mass is 10.0. The molecule has 102 valence electrons. The standard InChI is InChI=1S/C14H17FN2O2/c1-8(2)9-5-10(15)7-11(6-9)16-12-3-4-13(18)17-14(12)19/h5-8,12,16H,3-4H2,1-2H3,(H,17,18,19). The first kappa shape index (κ1) is 13.5. The highest BCUT2D eigenvalue weighted by molar-refractivity contribution is 6.01. The number of amides is 2. The number of benzene rings is 1. The zero-order valence-corrected chi connectivity index (χ0v) is 11.0. The highest BCUT2D eigenvalue weighted by atomic mass is 19.1. The molecule has 0 bridgehead atoms. The van der Waals surface area contributed by atoms with Crippen molar-refractivity contribution in [1.82, 2.24) is 5.32 Å². The van der Waals surface area contributed by atoms with Crippen molar-refractivity contribution in [3.05, 3.63) is 29.6 Å². The van der Waals surface area contributed by atoms with Crippen LogP contribution in [-0.4, -0.2) is 17.9 Å². The van der Waals surface area contributed by atoms with Crippen LogP contribution in [0.4, 0.5) is 10.1 Å². The molecule has 1 aromatic carbocycles. The number of imide groups is 1. The molecule has 0 radical (unpaired) electrons. The average Bonchev–Trinajstić information content (AvgIpc) is 2.32. The van der Waals surface area contributed by atoms with Gasteiger partial charge in [-0.1, -0.05) is 13.8 Å². The Bertz CT molecular complexity index is 514.